The van der Waals surface area contributed by atoms with E-state index in [-0.39, 0.29) is 24.3 Å². The molecule has 10 heteroatoms. The van der Waals surface area contributed by atoms with Gasteiger partial charge in [0.25, 0.3) is 5.56 Å². The van der Waals surface area contributed by atoms with Gasteiger partial charge in [0.1, 0.15) is 29.9 Å². The van der Waals surface area contributed by atoms with E-state index in [0.29, 0.717) is 43.4 Å². The normalized spacial score (nSPS) is 15.2. The predicted octanol–water partition coefficient (Wildman–Crippen LogP) is 2.45. The second-order valence-electron chi connectivity index (χ2n) is 8.06. The second-order valence-corrected chi connectivity index (χ2v) is 9.07. The number of thiazole rings is 1. The quantitative estimate of drug-likeness (QED) is 0.313. The van der Waals surface area contributed by atoms with Crippen LogP contribution in [0.1, 0.15) is 24.1 Å². The molecule has 37 heavy (non-hydrogen) atoms. The minimum atomic E-state index is -0.795. The molecule has 0 fully saturated rings. The van der Waals surface area contributed by atoms with Crippen LogP contribution in [-0.4, -0.2) is 52.2 Å². The molecule has 194 valence electrons. The van der Waals surface area contributed by atoms with Crippen LogP contribution >= 0.6 is 11.3 Å². The summed E-state index contributed by atoms with van der Waals surface area (Å²) >= 11 is 1.23. The van der Waals surface area contributed by atoms with Crippen molar-refractivity contribution >= 4 is 23.4 Å². The third-order valence-electron chi connectivity index (χ3n) is 5.92. The molecule has 4 rings (SSSR count). The molecule has 2 aromatic carbocycles. The van der Waals surface area contributed by atoms with Crippen molar-refractivity contribution in [3.05, 3.63) is 84.5 Å². The third-order valence-corrected chi connectivity index (χ3v) is 6.90. The largest absolute Gasteiger partial charge is 0.497 e. The van der Waals surface area contributed by atoms with Crippen molar-refractivity contribution in [2.75, 3.05) is 41.7 Å². The van der Waals surface area contributed by atoms with Gasteiger partial charge in [-0.05, 0) is 37.3 Å². The summed E-state index contributed by atoms with van der Waals surface area (Å²) in [6, 6.07) is 11.8. The van der Waals surface area contributed by atoms with Crippen LogP contribution in [-0.2, 0) is 14.3 Å². The molecule has 1 aliphatic heterocycles. The first-order valence-corrected chi connectivity index (χ1v) is 12.3. The number of fused-ring (bicyclic) bond motifs is 1. The summed E-state index contributed by atoms with van der Waals surface area (Å²) in [5, 5.41) is 0. The van der Waals surface area contributed by atoms with Gasteiger partial charge in [0.05, 0.1) is 43.7 Å². The van der Waals surface area contributed by atoms with Gasteiger partial charge in [-0.15, -0.1) is 0 Å². The van der Waals surface area contributed by atoms with Crippen molar-refractivity contribution in [2.45, 2.75) is 13.0 Å². The van der Waals surface area contributed by atoms with Crippen LogP contribution in [0.3, 0.4) is 0 Å². The van der Waals surface area contributed by atoms with Gasteiger partial charge in [0.2, 0.25) is 0 Å². The first-order valence-electron chi connectivity index (χ1n) is 11.5. The van der Waals surface area contributed by atoms with Crippen molar-refractivity contribution in [1.29, 1.82) is 0 Å². The van der Waals surface area contributed by atoms with Gasteiger partial charge in [0, 0.05) is 18.2 Å². The number of para-hydroxylation sites is 1. The monoisotopic (exact) mass is 524 g/mol. The van der Waals surface area contributed by atoms with E-state index in [1.54, 1.807) is 58.6 Å². The predicted molar refractivity (Wildman–Crippen MR) is 139 cm³/mol. The highest BCUT2D eigenvalue weighted by atomic mass is 32.1. The number of carbonyl (C=O) groups is 1. The Morgan fingerprint density at radius 1 is 1.03 bits per heavy atom. The number of rotatable bonds is 9. The fourth-order valence-electron chi connectivity index (χ4n) is 4.16. The number of methoxy groups -OCH3 is 4. The minimum Gasteiger partial charge on any atom is -0.497 e. The highest BCUT2D eigenvalue weighted by Gasteiger charge is 2.35. The van der Waals surface area contributed by atoms with Crippen molar-refractivity contribution < 1.29 is 28.5 Å². The molecular formula is C27H28N2O7S. The molecule has 2 heterocycles. The molecule has 0 radical (unpaired) electrons. The zero-order chi connectivity index (χ0) is 26.5. The van der Waals surface area contributed by atoms with Gasteiger partial charge in [-0.25, -0.2) is 9.79 Å². The molecule has 0 amide bonds. The molecule has 0 aliphatic carbocycles. The van der Waals surface area contributed by atoms with Crippen LogP contribution < -0.4 is 29.1 Å². The van der Waals surface area contributed by atoms with Gasteiger partial charge >= 0.3 is 5.97 Å². The van der Waals surface area contributed by atoms with Crippen LogP contribution in [0.2, 0.25) is 0 Å². The molecule has 1 aromatic heterocycles. The summed E-state index contributed by atoms with van der Waals surface area (Å²) in [5.74, 6) is 1.18. The molecular weight excluding hydrogens is 496 g/mol. The number of nitrogens with zero attached hydrogens (tertiary/aromatic N) is 2. The summed E-state index contributed by atoms with van der Waals surface area (Å²) in [6.45, 7) is 2.06. The molecule has 1 unspecified atom stereocenters. The zero-order valence-electron chi connectivity index (χ0n) is 21.3. The molecule has 0 spiro atoms. The SMILES string of the molecule is COCCOC(=O)C1=C(C)N=c2sc(=Cc3cc(OC)ccc3OC)c(=O)n2C1c1ccccc1OC. The maximum absolute atomic E-state index is 13.9. The number of hydrogen-bond acceptors (Lipinski definition) is 9. The number of benzene rings is 2. The number of allylic oxidation sites excluding steroid dienone is 1. The highest BCUT2D eigenvalue weighted by Crippen LogP contribution is 2.35. The van der Waals surface area contributed by atoms with E-state index in [0.717, 1.165) is 0 Å². The summed E-state index contributed by atoms with van der Waals surface area (Å²) < 4.78 is 28.8. The number of aromatic nitrogens is 1. The van der Waals surface area contributed by atoms with E-state index in [4.69, 9.17) is 23.7 Å². The number of esters is 1. The van der Waals surface area contributed by atoms with Gasteiger partial charge in [-0.3, -0.25) is 9.36 Å². The molecule has 0 N–H and O–H groups in total. The molecule has 3 aromatic rings. The van der Waals surface area contributed by atoms with Gasteiger partial charge in [0.15, 0.2) is 4.80 Å². The second kappa shape index (κ2) is 11.4. The van der Waals surface area contributed by atoms with Crippen molar-refractivity contribution in [1.82, 2.24) is 4.57 Å². The minimum absolute atomic E-state index is 0.0742. The molecule has 0 saturated carbocycles. The summed E-state index contributed by atoms with van der Waals surface area (Å²) in [5.41, 5.74) is 1.74. The van der Waals surface area contributed by atoms with Gasteiger partial charge in [-0.1, -0.05) is 29.5 Å². The van der Waals surface area contributed by atoms with Crippen LogP contribution in [0.25, 0.3) is 6.08 Å². The fourth-order valence-corrected chi connectivity index (χ4v) is 5.20. The Kier molecular flexibility index (Phi) is 8.10. The smallest absolute Gasteiger partial charge is 0.338 e. The Hall–Kier alpha value is -3.89. The first kappa shape index (κ1) is 26.2. The van der Waals surface area contributed by atoms with Crippen LogP contribution in [0.4, 0.5) is 0 Å². The average Bonchev–Trinajstić information content (AvgIpc) is 3.21. The Morgan fingerprint density at radius 2 is 1.78 bits per heavy atom. The molecule has 0 bridgehead atoms. The first-order chi connectivity index (χ1) is 17.9. The van der Waals surface area contributed by atoms with E-state index < -0.39 is 12.0 Å². The highest BCUT2D eigenvalue weighted by molar-refractivity contribution is 7.07. The molecule has 0 saturated heterocycles. The Balaban J connectivity index is 1.94. The number of carbonyl (C=O) groups excluding carboxylic acids is 1. The summed E-state index contributed by atoms with van der Waals surface area (Å²) in [6.07, 6.45) is 1.74. The fraction of sp³-hybridized carbons (Fsp3) is 0.296. The third kappa shape index (κ3) is 5.16. The summed E-state index contributed by atoms with van der Waals surface area (Å²) in [7, 11) is 6.21. The number of ether oxygens (including phenoxy) is 5. The lowest BCUT2D eigenvalue weighted by atomic mass is 9.95. The number of hydrogen-bond donors (Lipinski definition) is 0. The van der Waals surface area contributed by atoms with Crippen LogP contribution in [0.5, 0.6) is 17.2 Å². The van der Waals surface area contributed by atoms with Gasteiger partial charge < -0.3 is 23.7 Å². The Morgan fingerprint density at radius 3 is 2.49 bits per heavy atom. The lowest BCUT2D eigenvalue weighted by Crippen LogP contribution is -2.40. The van der Waals surface area contributed by atoms with Crippen LogP contribution in [0, 0.1) is 0 Å². The van der Waals surface area contributed by atoms with E-state index >= 15 is 0 Å². The lowest BCUT2D eigenvalue weighted by Gasteiger charge is -2.26. The maximum Gasteiger partial charge on any atom is 0.338 e. The van der Waals surface area contributed by atoms with E-state index in [9.17, 15) is 9.59 Å². The summed E-state index contributed by atoms with van der Waals surface area (Å²) in [4.78, 5) is 32.2. The molecule has 9 nitrogen and oxygen atoms in total. The standard InChI is InChI=1S/C27H28N2O7S/c1-16-23(26(31)36-13-12-32-2)24(19-8-6-7-9-21(19)35-5)29-25(30)22(37-27(29)28-16)15-17-14-18(33-3)10-11-20(17)34-4/h6-11,14-15,24H,12-13H2,1-5H3. The van der Waals surface area contributed by atoms with E-state index in [2.05, 4.69) is 4.99 Å². The van der Waals surface area contributed by atoms with Gasteiger partial charge in [-0.2, -0.15) is 0 Å². The van der Waals surface area contributed by atoms with E-state index in [1.165, 1.54) is 23.0 Å². The van der Waals surface area contributed by atoms with E-state index in [1.807, 2.05) is 18.2 Å². The maximum atomic E-state index is 13.9. The lowest BCUT2D eigenvalue weighted by molar-refractivity contribution is -0.140. The van der Waals surface area contributed by atoms with Crippen LogP contribution in [0.15, 0.2) is 63.5 Å². The topological polar surface area (TPSA) is 97.6 Å². The van der Waals surface area contributed by atoms with Crippen molar-refractivity contribution in [3.63, 3.8) is 0 Å². The van der Waals surface area contributed by atoms with Crippen molar-refractivity contribution in [2.24, 2.45) is 4.99 Å². The molecule has 1 atom stereocenters. The molecule has 1 aliphatic rings. The zero-order valence-corrected chi connectivity index (χ0v) is 22.1. The van der Waals surface area contributed by atoms with Crippen molar-refractivity contribution in [3.8, 4) is 17.2 Å². The Bertz CT molecular complexity index is 1520. The average molecular weight is 525 g/mol. The Labute approximate surface area is 217 Å².